The average molecular weight is 284 g/mol. The van der Waals surface area contributed by atoms with Gasteiger partial charge in [-0.3, -0.25) is 0 Å². The molecule has 0 amide bonds. The molecule has 3 aromatic rings. The molecule has 0 saturated carbocycles. The van der Waals surface area contributed by atoms with E-state index in [4.69, 9.17) is 10.5 Å². The van der Waals surface area contributed by atoms with Crippen LogP contribution in [0.3, 0.4) is 0 Å². The molecular weight excluding hydrogens is 267 g/mol. The number of aromatic nitrogens is 1. The van der Waals surface area contributed by atoms with Crippen LogP contribution in [0.4, 0.5) is 10.1 Å². The van der Waals surface area contributed by atoms with Gasteiger partial charge >= 0.3 is 0 Å². The molecular formula is C17H17FN2O. The van der Waals surface area contributed by atoms with E-state index in [1.165, 1.54) is 12.1 Å². The molecule has 0 aliphatic heterocycles. The van der Waals surface area contributed by atoms with Gasteiger partial charge in [0.1, 0.15) is 5.82 Å². The maximum atomic E-state index is 13.1. The zero-order valence-electron chi connectivity index (χ0n) is 11.8. The van der Waals surface area contributed by atoms with Crippen molar-refractivity contribution in [3.05, 3.63) is 54.3 Å². The Bertz CT molecular complexity index is 762. The second kappa shape index (κ2) is 5.58. The van der Waals surface area contributed by atoms with Gasteiger partial charge in [0.2, 0.25) is 0 Å². The van der Waals surface area contributed by atoms with Crippen LogP contribution in [0.15, 0.2) is 48.5 Å². The molecule has 0 fully saturated rings. The maximum absolute atomic E-state index is 13.1. The lowest BCUT2D eigenvalue weighted by atomic mass is 10.1. The van der Waals surface area contributed by atoms with Crippen molar-refractivity contribution in [1.82, 2.24) is 4.57 Å². The Kier molecular flexibility index (Phi) is 3.62. The molecule has 3 rings (SSSR count). The highest BCUT2D eigenvalue weighted by Gasteiger charge is 2.11. The summed E-state index contributed by atoms with van der Waals surface area (Å²) in [4.78, 5) is 0. The van der Waals surface area contributed by atoms with Crippen molar-refractivity contribution < 1.29 is 9.13 Å². The third-order valence-electron chi connectivity index (χ3n) is 3.58. The summed E-state index contributed by atoms with van der Waals surface area (Å²) in [6.45, 7) is 1.35. The van der Waals surface area contributed by atoms with Crippen molar-refractivity contribution in [3.8, 4) is 11.3 Å². The van der Waals surface area contributed by atoms with Crippen LogP contribution in [0, 0.1) is 5.82 Å². The molecule has 1 heterocycles. The van der Waals surface area contributed by atoms with Gasteiger partial charge in [-0.2, -0.15) is 0 Å². The van der Waals surface area contributed by atoms with Crippen molar-refractivity contribution >= 4 is 16.6 Å². The fourth-order valence-electron chi connectivity index (χ4n) is 2.57. The Hall–Kier alpha value is -2.33. The fraction of sp³-hybridized carbons (Fsp3) is 0.176. The van der Waals surface area contributed by atoms with Gasteiger partial charge in [0, 0.05) is 35.9 Å². The van der Waals surface area contributed by atoms with Crippen molar-refractivity contribution in [2.24, 2.45) is 0 Å². The molecule has 2 N–H and O–H groups in total. The van der Waals surface area contributed by atoms with Gasteiger partial charge in [0.05, 0.1) is 6.61 Å². The summed E-state index contributed by atoms with van der Waals surface area (Å²) < 4.78 is 20.5. The topological polar surface area (TPSA) is 40.2 Å². The first-order chi connectivity index (χ1) is 10.2. The molecule has 2 aromatic carbocycles. The van der Waals surface area contributed by atoms with Crippen molar-refractivity contribution in [1.29, 1.82) is 0 Å². The van der Waals surface area contributed by atoms with Gasteiger partial charge < -0.3 is 15.0 Å². The normalized spacial score (nSPS) is 11.1. The Balaban J connectivity index is 2.17. The number of hydrogen-bond donors (Lipinski definition) is 1. The highest BCUT2D eigenvalue weighted by atomic mass is 19.1. The first-order valence-corrected chi connectivity index (χ1v) is 6.82. The Labute approximate surface area is 122 Å². The van der Waals surface area contributed by atoms with Gasteiger partial charge in [-0.15, -0.1) is 0 Å². The van der Waals surface area contributed by atoms with Crippen LogP contribution in [-0.2, 0) is 11.3 Å². The zero-order chi connectivity index (χ0) is 14.8. The number of fused-ring (bicyclic) bond motifs is 1. The number of methoxy groups -OCH3 is 1. The Morgan fingerprint density at radius 3 is 2.57 bits per heavy atom. The number of anilines is 1. The van der Waals surface area contributed by atoms with Gasteiger partial charge in [-0.25, -0.2) is 4.39 Å². The Morgan fingerprint density at radius 1 is 1.10 bits per heavy atom. The van der Waals surface area contributed by atoms with E-state index < -0.39 is 0 Å². The summed E-state index contributed by atoms with van der Waals surface area (Å²) in [5.74, 6) is -0.234. The number of halogens is 1. The third-order valence-corrected chi connectivity index (χ3v) is 3.58. The average Bonchev–Trinajstić information content (AvgIpc) is 2.83. The second-order valence-corrected chi connectivity index (χ2v) is 5.00. The zero-order valence-corrected chi connectivity index (χ0v) is 11.8. The molecule has 1 aromatic heterocycles. The van der Waals surface area contributed by atoms with E-state index in [2.05, 4.69) is 10.6 Å². The molecule has 21 heavy (non-hydrogen) atoms. The third kappa shape index (κ3) is 2.62. The van der Waals surface area contributed by atoms with Crippen molar-refractivity contribution in [2.75, 3.05) is 19.5 Å². The van der Waals surface area contributed by atoms with E-state index in [1.807, 2.05) is 18.2 Å². The minimum atomic E-state index is -0.234. The number of hydrogen-bond acceptors (Lipinski definition) is 2. The van der Waals surface area contributed by atoms with Gasteiger partial charge in [-0.05, 0) is 54.1 Å². The summed E-state index contributed by atoms with van der Waals surface area (Å²) in [5.41, 5.74) is 9.70. The number of nitrogens with zero attached hydrogens (tertiary/aromatic N) is 1. The van der Waals surface area contributed by atoms with E-state index in [-0.39, 0.29) is 5.82 Å². The molecule has 4 heteroatoms. The largest absolute Gasteiger partial charge is 0.399 e. The first-order valence-electron chi connectivity index (χ1n) is 6.82. The molecule has 0 atom stereocenters. The molecule has 0 aliphatic rings. The summed E-state index contributed by atoms with van der Waals surface area (Å²) in [6.07, 6.45) is 0. The SMILES string of the molecule is COCCn1c(-c2ccc(F)cc2)cc2cc(N)ccc21. The van der Waals surface area contributed by atoms with E-state index in [0.29, 0.717) is 6.61 Å². The van der Waals surface area contributed by atoms with Crippen LogP contribution in [0.2, 0.25) is 0 Å². The van der Waals surface area contributed by atoms with E-state index in [0.717, 1.165) is 34.4 Å². The molecule has 0 bridgehead atoms. The van der Waals surface area contributed by atoms with Crippen molar-refractivity contribution in [3.63, 3.8) is 0 Å². The van der Waals surface area contributed by atoms with Crippen LogP contribution in [0.1, 0.15) is 0 Å². The summed E-state index contributed by atoms with van der Waals surface area (Å²) in [5, 5.41) is 1.07. The minimum absolute atomic E-state index is 0.234. The monoisotopic (exact) mass is 284 g/mol. The molecule has 0 radical (unpaired) electrons. The quantitative estimate of drug-likeness (QED) is 0.742. The van der Waals surface area contributed by atoms with Gasteiger partial charge in [0.15, 0.2) is 0 Å². The van der Waals surface area contributed by atoms with Crippen LogP contribution in [-0.4, -0.2) is 18.3 Å². The van der Waals surface area contributed by atoms with E-state index >= 15 is 0 Å². The van der Waals surface area contributed by atoms with Crippen LogP contribution in [0.5, 0.6) is 0 Å². The lowest BCUT2D eigenvalue weighted by molar-refractivity contribution is 0.189. The lowest BCUT2D eigenvalue weighted by Gasteiger charge is -2.10. The van der Waals surface area contributed by atoms with Gasteiger partial charge in [0.25, 0.3) is 0 Å². The molecule has 0 saturated heterocycles. The van der Waals surface area contributed by atoms with E-state index in [1.54, 1.807) is 19.2 Å². The van der Waals surface area contributed by atoms with Crippen LogP contribution in [0.25, 0.3) is 22.2 Å². The number of nitrogen functional groups attached to an aromatic ring is 1. The fourth-order valence-corrected chi connectivity index (χ4v) is 2.57. The minimum Gasteiger partial charge on any atom is -0.399 e. The summed E-state index contributed by atoms with van der Waals surface area (Å²) >= 11 is 0. The van der Waals surface area contributed by atoms with Crippen LogP contribution >= 0.6 is 0 Å². The smallest absolute Gasteiger partial charge is 0.123 e. The molecule has 0 spiro atoms. The number of nitrogens with two attached hydrogens (primary N) is 1. The highest BCUT2D eigenvalue weighted by Crippen LogP contribution is 2.29. The maximum Gasteiger partial charge on any atom is 0.123 e. The molecule has 108 valence electrons. The number of benzene rings is 2. The molecule has 0 unspecified atom stereocenters. The number of ether oxygens (including phenoxy) is 1. The van der Waals surface area contributed by atoms with Gasteiger partial charge in [-0.1, -0.05) is 0 Å². The van der Waals surface area contributed by atoms with E-state index in [9.17, 15) is 4.39 Å². The second-order valence-electron chi connectivity index (χ2n) is 5.00. The highest BCUT2D eigenvalue weighted by molar-refractivity contribution is 5.89. The predicted molar refractivity (Wildman–Crippen MR) is 83.6 cm³/mol. The summed E-state index contributed by atoms with van der Waals surface area (Å²) in [7, 11) is 1.68. The van der Waals surface area contributed by atoms with Crippen molar-refractivity contribution in [2.45, 2.75) is 6.54 Å². The molecule has 0 aliphatic carbocycles. The standard InChI is InChI=1S/C17H17FN2O/c1-21-9-8-20-16-7-6-15(19)10-13(16)11-17(20)12-2-4-14(18)5-3-12/h2-7,10-11H,8-9,19H2,1H3. The predicted octanol–water partition coefficient (Wildman–Crippen LogP) is 3.68. The lowest BCUT2D eigenvalue weighted by Crippen LogP contribution is -2.05. The molecule has 3 nitrogen and oxygen atoms in total. The Morgan fingerprint density at radius 2 is 1.86 bits per heavy atom. The first kappa shape index (κ1) is 13.6. The van der Waals surface area contributed by atoms with Crippen LogP contribution < -0.4 is 5.73 Å². The summed E-state index contributed by atoms with van der Waals surface area (Å²) in [6, 6.07) is 14.4. The number of rotatable bonds is 4.